The van der Waals surface area contributed by atoms with Crippen molar-refractivity contribution in [2.45, 2.75) is 0 Å². The Morgan fingerprint density at radius 2 is 1.67 bits per heavy atom. The smallest absolute Gasteiger partial charge is 0.260 e. The molecular formula is C12H10F2Si. The molecule has 0 saturated heterocycles. The Kier molecular flexibility index (Phi) is 2.40. The second-order valence-electron chi connectivity index (χ2n) is 3.35. The van der Waals surface area contributed by atoms with Gasteiger partial charge in [0.2, 0.25) is 0 Å². The number of hydrogen-bond acceptors (Lipinski definition) is 0. The molecule has 2 aromatic carbocycles. The molecule has 0 aliphatic rings. The van der Waals surface area contributed by atoms with Crippen molar-refractivity contribution in [3.63, 3.8) is 0 Å². The first kappa shape index (κ1) is 10.0. The third kappa shape index (κ3) is 1.70. The molecule has 0 atom stereocenters. The van der Waals surface area contributed by atoms with Crippen molar-refractivity contribution in [1.82, 2.24) is 0 Å². The first-order valence-electron chi connectivity index (χ1n) is 4.65. The number of benzene rings is 2. The van der Waals surface area contributed by atoms with Crippen LogP contribution in [0.5, 0.6) is 0 Å². The second-order valence-corrected chi connectivity index (χ2v) is 5.55. The first-order valence-corrected chi connectivity index (χ1v) is 6.48. The number of rotatable bonds is 2. The van der Waals surface area contributed by atoms with E-state index in [0.29, 0.717) is 5.39 Å². The van der Waals surface area contributed by atoms with E-state index < -0.39 is 8.74 Å². The van der Waals surface area contributed by atoms with E-state index >= 15 is 0 Å². The highest BCUT2D eigenvalue weighted by Gasteiger charge is 2.35. The molecule has 0 radical (unpaired) electrons. The van der Waals surface area contributed by atoms with E-state index in [1.54, 1.807) is 18.2 Å². The van der Waals surface area contributed by atoms with Gasteiger partial charge in [-0.3, -0.25) is 8.22 Å². The van der Waals surface area contributed by atoms with Gasteiger partial charge in [0, 0.05) is 5.19 Å². The van der Waals surface area contributed by atoms with Crippen molar-refractivity contribution in [2.24, 2.45) is 0 Å². The van der Waals surface area contributed by atoms with Crippen LogP contribution in [0.1, 0.15) is 0 Å². The fourth-order valence-electron chi connectivity index (χ4n) is 1.63. The maximum atomic E-state index is 13.6. The summed E-state index contributed by atoms with van der Waals surface area (Å²) >= 11 is 0. The van der Waals surface area contributed by atoms with E-state index in [0.717, 1.165) is 11.1 Å². The molecule has 2 rings (SSSR count). The van der Waals surface area contributed by atoms with Gasteiger partial charge in [0.15, 0.2) is 0 Å². The zero-order valence-electron chi connectivity index (χ0n) is 8.08. The van der Waals surface area contributed by atoms with Gasteiger partial charge < -0.3 is 0 Å². The molecule has 0 fully saturated rings. The van der Waals surface area contributed by atoms with Crippen molar-refractivity contribution in [2.75, 3.05) is 0 Å². The number of hydrogen-bond donors (Lipinski definition) is 0. The van der Waals surface area contributed by atoms with Gasteiger partial charge in [0.1, 0.15) is 0 Å². The molecule has 15 heavy (non-hydrogen) atoms. The molecule has 0 spiro atoms. The summed E-state index contributed by atoms with van der Waals surface area (Å²) < 4.78 is 27.3. The standard InChI is InChI=1S/C12H10F2Si/c1-2-15(13,14)12-9-5-7-10-6-3-4-8-11(10)12/h2-9H,1H2. The highest BCUT2D eigenvalue weighted by molar-refractivity contribution is 6.86. The molecule has 0 N–H and O–H groups in total. The molecule has 2 aromatic rings. The molecule has 0 amide bonds. The van der Waals surface area contributed by atoms with Gasteiger partial charge in [0.25, 0.3) is 0 Å². The maximum absolute atomic E-state index is 13.6. The van der Waals surface area contributed by atoms with E-state index in [9.17, 15) is 8.22 Å². The molecule has 0 saturated carbocycles. The third-order valence-corrected chi connectivity index (χ3v) is 4.07. The van der Waals surface area contributed by atoms with Crippen molar-refractivity contribution in [3.05, 3.63) is 54.7 Å². The number of halogens is 2. The Morgan fingerprint density at radius 3 is 2.40 bits per heavy atom. The van der Waals surface area contributed by atoms with Crippen LogP contribution in [0.2, 0.25) is 0 Å². The van der Waals surface area contributed by atoms with Crippen LogP contribution in [-0.4, -0.2) is 8.74 Å². The van der Waals surface area contributed by atoms with Gasteiger partial charge in [-0.05, 0) is 16.5 Å². The zero-order chi connectivity index (χ0) is 10.9. The van der Waals surface area contributed by atoms with Crippen LogP contribution in [0.3, 0.4) is 0 Å². The third-order valence-electron chi connectivity index (χ3n) is 2.41. The van der Waals surface area contributed by atoms with E-state index in [1.165, 1.54) is 6.07 Å². The van der Waals surface area contributed by atoms with Crippen LogP contribution in [0.4, 0.5) is 8.22 Å². The predicted molar refractivity (Wildman–Crippen MR) is 61.7 cm³/mol. The van der Waals surface area contributed by atoms with Crippen LogP contribution in [0, 0.1) is 0 Å². The van der Waals surface area contributed by atoms with Gasteiger partial charge >= 0.3 is 8.74 Å². The monoisotopic (exact) mass is 220 g/mol. The van der Waals surface area contributed by atoms with Gasteiger partial charge in [-0.15, -0.1) is 6.58 Å². The van der Waals surface area contributed by atoms with Gasteiger partial charge in [-0.25, -0.2) is 0 Å². The Hall–Kier alpha value is -1.48. The largest absolute Gasteiger partial charge is 0.480 e. The Balaban J connectivity index is 2.76. The van der Waals surface area contributed by atoms with Gasteiger partial charge in [-0.2, -0.15) is 0 Å². The summed E-state index contributed by atoms with van der Waals surface area (Å²) in [4.78, 5) is 0. The number of fused-ring (bicyclic) bond motifs is 1. The van der Waals surface area contributed by atoms with E-state index in [-0.39, 0.29) is 5.19 Å². The summed E-state index contributed by atoms with van der Waals surface area (Å²) in [7, 11) is -4.45. The maximum Gasteiger partial charge on any atom is 0.480 e. The lowest BCUT2D eigenvalue weighted by Gasteiger charge is -2.11. The van der Waals surface area contributed by atoms with E-state index in [1.807, 2.05) is 18.2 Å². The van der Waals surface area contributed by atoms with Crippen LogP contribution >= 0.6 is 0 Å². The van der Waals surface area contributed by atoms with E-state index in [2.05, 4.69) is 6.58 Å². The summed E-state index contributed by atoms with van der Waals surface area (Å²) in [6, 6.07) is 12.2. The second kappa shape index (κ2) is 3.59. The average molecular weight is 220 g/mol. The minimum atomic E-state index is -4.45. The molecule has 0 aliphatic carbocycles. The molecule has 76 valence electrons. The van der Waals surface area contributed by atoms with Crippen molar-refractivity contribution in [3.8, 4) is 0 Å². The fraction of sp³-hybridized carbons (Fsp3) is 0. The minimum Gasteiger partial charge on any atom is -0.260 e. The topological polar surface area (TPSA) is 0 Å². The molecular weight excluding hydrogens is 210 g/mol. The summed E-state index contributed by atoms with van der Waals surface area (Å²) in [5.74, 6) is 0. The Labute approximate surface area is 88.2 Å². The molecule has 0 nitrogen and oxygen atoms in total. The molecule has 0 aromatic heterocycles. The van der Waals surface area contributed by atoms with Crippen molar-refractivity contribution < 1.29 is 8.22 Å². The summed E-state index contributed by atoms with van der Waals surface area (Å²) in [6.07, 6.45) is 0. The minimum absolute atomic E-state index is 0.149. The molecule has 0 unspecified atom stereocenters. The summed E-state index contributed by atoms with van der Waals surface area (Å²) in [6.45, 7) is 3.23. The molecule has 3 heteroatoms. The predicted octanol–water partition coefficient (Wildman–Crippen LogP) is 3.15. The summed E-state index contributed by atoms with van der Waals surface area (Å²) in [5.41, 5.74) is 0.814. The fourth-order valence-corrected chi connectivity index (χ4v) is 2.75. The van der Waals surface area contributed by atoms with Crippen LogP contribution in [0.25, 0.3) is 10.8 Å². The zero-order valence-corrected chi connectivity index (χ0v) is 9.08. The SMILES string of the molecule is C=C[Si](F)(F)c1cccc2ccccc12. The Morgan fingerprint density at radius 1 is 1.00 bits per heavy atom. The quantitative estimate of drug-likeness (QED) is 0.538. The van der Waals surface area contributed by atoms with Crippen LogP contribution < -0.4 is 5.19 Å². The lowest BCUT2D eigenvalue weighted by molar-refractivity contribution is 0.653. The van der Waals surface area contributed by atoms with Gasteiger partial charge in [-0.1, -0.05) is 42.5 Å². The highest BCUT2D eigenvalue weighted by atomic mass is 28.4. The first-order chi connectivity index (χ1) is 7.15. The lowest BCUT2D eigenvalue weighted by Crippen LogP contribution is -2.37. The molecule has 0 aliphatic heterocycles. The average Bonchev–Trinajstić information content (AvgIpc) is 2.28. The van der Waals surface area contributed by atoms with Crippen molar-refractivity contribution >= 4 is 24.7 Å². The molecule has 0 bridgehead atoms. The van der Waals surface area contributed by atoms with E-state index in [4.69, 9.17) is 0 Å². The normalized spacial score (nSPS) is 11.6. The summed E-state index contributed by atoms with van der Waals surface area (Å²) in [5, 5.41) is 1.64. The van der Waals surface area contributed by atoms with Crippen LogP contribution in [0.15, 0.2) is 54.7 Å². The lowest BCUT2D eigenvalue weighted by atomic mass is 10.1. The molecule has 0 heterocycles. The van der Waals surface area contributed by atoms with Crippen LogP contribution in [-0.2, 0) is 0 Å². The highest BCUT2D eigenvalue weighted by Crippen LogP contribution is 2.17. The van der Waals surface area contributed by atoms with Crippen molar-refractivity contribution in [1.29, 1.82) is 0 Å². The van der Waals surface area contributed by atoms with Gasteiger partial charge in [0.05, 0.1) is 0 Å². The Bertz CT molecular complexity index is 500.